The summed E-state index contributed by atoms with van der Waals surface area (Å²) in [7, 11) is 0. The van der Waals surface area contributed by atoms with Gasteiger partial charge in [-0.25, -0.2) is 0 Å². The maximum atomic E-state index is 12.7. The molecule has 1 aliphatic rings. The smallest absolute Gasteiger partial charge is 0.292 e. The second-order valence-corrected chi connectivity index (χ2v) is 6.76. The van der Waals surface area contributed by atoms with Crippen LogP contribution in [0.15, 0.2) is 35.0 Å². The van der Waals surface area contributed by atoms with E-state index in [1.165, 1.54) is 29.5 Å². The van der Waals surface area contributed by atoms with E-state index in [2.05, 4.69) is 0 Å². The zero-order valence-electron chi connectivity index (χ0n) is 14.0. The number of thiophene rings is 1. The molecule has 3 rings (SSSR count). The number of nitro benzene ring substituents is 1. The van der Waals surface area contributed by atoms with Crippen molar-refractivity contribution in [3.63, 3.8) is 0 Å². The molecule has 9 heteroatoms. The topological polar surface area (TPSA) is 110 Å². The van der Waals surface area contributed by atoms with Crippen LogP contribution in [0.4, 0.5) is 11.4 Å². The van der Waals surface area contributed by atoms with Crippen molar-refractivity contribution >= 4 is 34.5 Å². The molecule has 1 fully saturated rings. The average Bonchev–Trinajstić information content (AvgIpc) is 3.05. The first kappa shape index (κ1) is 17.9. The number of hydrogen-bond acceptors (Lipinski definition) is 6. The summed E-state index contributed by atoms with van der Waals surface area (Å²) in [6.07, 6.45) is 0.651. The standard InChI is InChI=1S/C17H18N4O4S/c18-14-3-2-12(10-15(14)21(24)25)16(22)19-5-1-6-20(8-7-19)17(23)13-4-9-26-11-13/h2-4,9-11H,1,5-8,18H2. The molecule has 8 nitrogen and oxygen atoms in total. The second kappa shape index (κ2) is 7.52. The van der Waals surface area contributed by atoms with E-state index in [1.54, 1.807) is 15.9 Å². The van der Waals surface area contributed by atoms with Crippen LogP contribution >= 0.6 is 11.3 Å². The Morgan fingerprint density at radius 1 is 1.04 bits per heavy atom. The van der Waals surface area contributed by atoms with Gasteiger partial charge < -0.3 is 15.5 Å². The summed E-state index contributed by atoms with van der Waals surface area (Å²) in [4.78, 5) is 38.9. The molecule has 1 saturated heterocycles. The molecule has 1 aromatic carbocycles. The van der Waals surface area contributed by atoms with Gasteiger partial charge in [-0.15, -0.1) is 0 Å². The number of hydrogen-bond donors (Lipinski definition) is 1. The summed E-state index contributed by atoms with van der Waals surface area (Å²) >= 11 is 1.47. The van der Waals surface area contributed by atoms with Gasteiger partial charge in [0.1, 0.15) is 5.69 Å². The molecule has 0 atom stereocenters. The van der Waals surface area contributed by atoms with Crippen LogP contribution in [0.5, 0.6) is 0 Å². The van der Waals surface area contributed by atoms with Gasteiger partial charge in [0, 0.05) is 43.2 Å². The molecule has 136 valence electrons. The minimum Gasteiger partial charge on any atom is -0.393 e. The van der Waals surface area contributed by atoms with Crippen LogP contribution in [0, 0.1) is 10.1 Å². The minimum atomic E-state index is -0.601. The summed E-state index contributed by atoms with van der Waals surface area (Å²) in [6, 6.07) is 5.85. The largest absolute Gasteiger partial charge is 0.393 e. The SMILES string of the molecule is Nc1ccc(C(=O)N2CCCN(C(=O)c3ccsc3)CC2)cc1[N+](=O)[O-]. The van der Waals surface area contributed by atoms with E-state index in [9.17, 15) is 19.7 Å². The van der Waals surface area contributed by atoms with Crippen LogP contribution in [-0.2, 0) is 0 Å². The molecule has 0 bridgehead atoms. The fraction of sp³-hybridized carbons (Fsp3) is 0.294. The Bertz CT molecular complexity index is 837. The van der Waals surface area contributed by atoms with Gasteiger partial charge in [0.2, 0.25) is 0 Å². The number of nitrogen functional groups attached to an aromatic ring is 1. The first-order valence-corrected chi connectivity index (χ1v) is 9.06. The van der Waals surface area contributed by atoms with Gasteiger partial charge in [-0.2, -0.15) is 11.3 Å². The van der Waals surface area contributed by atoms with Crippen LogP contribution in [0.25, 0.3) is 0 Å². The Labute approximate surface area is 154 Å². The highest BCUT2D eigenvalue weighted by molar-refractivity contribution is 7.08. The maximum absolute atomic E-state index is 12.7. The first-order valence-electron chi connectivity index (χ1n) is 8.12. The summed E-state index contributed by atoms with van der Waals surface area (Å²) in [5.74, 6) is -0.332. The van der Waals surface area contributed by atoms with Crippen molar-refractivity contribution in [3.8, 4) is 0 Å². The lowest BCUT2D eigenvalue weighted by atomic mass is 10.1. The molecule has 0 aliphatic carbocycles. The average molecular weight is 374 g/mol. The lowest BCUT2D eigenvalue weighted by Crippen LogP contribution is -2.37. The van der Waals surface area contributed by atoms with Crippen molar-refractivity contribution in [3.05, 3.63) is 56.3 Å². The highest BCUT2D eigenvalue weighted by atomic mass is 32.1. The molecule has 2 aromatic rings. The van der Waals surface area contributed by atoms with Gasteiger partial charge in [-0.05, 0) is 30.0 Å². The van der Waals surface area contributed by atoms with Gasteiger partial charge in [-0.1, -0.05) is 0 Å². The van der Waals surface area contributed by atoms with E-state index in [4.69, 9.17) is 5.73 Å². The minimum absolute atomic E-state index is 0.0231. The number of rotatable bonds is 3. The molecular formula is C17H18N4O4S. The quantitative estimate of drug-likeness (QED) is 0.503. The Kier molecular flexibility index (Phi) is 5.17. The number of carbonyl (C=O) groups excluding carboxylic acids is 2. The zero-order chi connectivity index (χ0) is 18.7. The fourth-order valence-corrected chi connectivity index (χ4v) is 3.54. The van der Waals surface area contributed by atoms with Gasteiger partial charge in [0.25, 0.3) is 17.5 Å². The van der Waals surface area contributed by atoms with E-state index in [-0.39, 0.29) is 28.8 Å². The van der Waals surface area contributed by atoms with E-state index >= 15 is 0 Å². The molecular weight excluding hydrogens is 356 g/mol. The predicted molar refractivity (Wildman–Crippen MR) is 98.3 cm³/mol. The molecule has 1 aliphatic heterocycles. The van der Waals surface area contributed by atoms with Crippen molar-refractivity contribution in [1.82, 2.24) is 9.80 Å². The lowest BCUT2D eigenvalue weighted by Gasteiger charge is -2.22. The molecule has 1 aromatic heterocycles. The maximum Gasteiger partial charge on any atom is 0.292 e. The third kappa shape index (κ3) is 3.67. The predicted octanol–water partition coefficient (Wildman–Crippen LogP) is 2.23. The molecule has 2 amide bonds. The van der Waals surface area contributed by atoms with Crippen LogP contribution in [0.1, 0.15) is 27.1 Å². The first-order chi connectivity index (χ1) is 12.5. The normalized spacial score (nSPS) is 14.8. The Hall–Kier alpha value is -2.94. The third-order valence-corrected chi connectivity index (χ3v) is 5.00. The zero-order valence-corrected chi connectivity index (χ0v) is 14.8. The van der Waals surface area contributed by atoms with Crippen LogP contribution in [0.3, 0.4) is 0 Å². The summed E-state index contributed by atoms with van der Waals surface area (Å²) in [6.45, 7) is 1.87. The van der Waals surface area contributed by atoms with Gasteiger partial charge in [-0.3, -0.25) is 19.7 Å². The van der Waals surface area contributed by atoms with Crippen molar-refractivity contribution in [2.24, 2.45) is 0 Å². The van der Waals surface area contributed by atoms with Crippen molar-refractivity contribution in [1.29, 1.82) is 0 Å². The van der Waals surface area contributed by atoms with Crippen molar-refractivity contribution < 1.29 is 14.5 Å². The highest BCUT2D eigenvalue weighted by Crippen LogP contribution is 2.23. The third-order valence-electron chi connectivity index (χ3n) is 4.31. The number of nitrogens with two attached hydrogens (primary N) is 1. The van der Waals surface area contributed by atoms with Gasteiger partial charge in [0.05, 0.1) is 10.5 Å². The molecule has 0 radical (unpaired) electrons. The van der Waals surface area contributed by atoms with E-state index in [0.29, 0.717) is 38.2 Å². The Balaban J connectivity index is 1.71. The van der Waals surface area contributed by atoms with Crippen LogP contribution in [0.2, 0.25) is 0 Å². The summed E-state index contributed by atoms with van der Waals surface area (Å²) in [5.41, 5.74) is 6.21. The monoisotopic (exact) mass is 374 g/mol. The number of amides is 2. The lowest BCUT2D eigenvalue weighted by molar-refractivity contribution is -0.383. The van der Waals surface area contributed by atoms with Crippen LogP contribution < -0.4 is 5.73 Å². The van der Waals surface area contributed by atoms with Crippen molar-refractivity contribution in [2.75, 3.05) is 31.9 Å². The summed E-state index contributed by atoms with van der Waals surface area (Å²) < 4.78 is 0. The second-order valence-electron chi connectivity index (χ2n) is 5.98. The van der Waals surface area contributed by atoms with E-state index < -0.39 is 4.92 Å². The number of carbonyl (C=O) groups is 2. The molecule has 0 unspecified atom stereocenters. The number of nitro groups is 1. The number of benzene rings is 1. The Morgan fingerprint density at radius 3 is 2.27 bits per heavy atom. The molecule has 26 heavy (non-hydrogen) atoms. The van der Waals surface area contributed by atoms with Gasteiger partial charge in [0.15, 0.2) is 0 Å². The summed E-state index contributed by atoms with van der Waals surface area (Å²) in [5, 5.41) is 14.7. The highest BCUT2D eigenvalue weighted by Gasteiger charge is 2.25. The van der Waals surface area contributed by atoms with Gasteiger partial charge >= 0.3 is 0 Å². The molecule has 0 spiro atoms. The van der Waals surface area contributed by atoms with Crippen LogP contribution in [-0.4, -0.2) is 52.7 Å². The molecule has 2 heterocycles. The fourth-order valence-electron chi connectivity index (χ4n) is 2.91. The molecule has 2 N–H and O–H groups in total. The van der Waals surface area contributed by atoms with Crippen molar-refractivity contribution in [2.45, 2.75) is 6.42 Å². The number of nitrogens with zero attached hydrogens (tertiary/aromatic N) is 3. The van der Waals surface area contributed by atoms with E-state index in [1.807, 2.05) is 10.8 Å². The van der Waals surface area contributed by atoms with E-state index in [0.717, 1.165) is 0 Å². The molecule has 0 saturated carbocycles. The number of anilines is 1. The Morgan fingerprint density at radius 2 is 1.69 bits per heavy atom.